The SMILES string of the molecule is CCOC(=O)COCCCCC(NCCC(O)C1CCCC1)C(=O)OCC. The molecule has 2 atom stereocenters. The van der Waals surface area contributed by atoms with Crippen LogP contribution in [0, 0.1) is 5.92 Å². The molecule has 0 aliphatic heterocycles. The summed E-state index contributed by atoms with van der Waals surface area (Å²) < 4.78 is 15.2. The van der Waals surface area contributed by atoms with E-state index in [1.807, 2.05) is 0 Å². The number of carbonyl (C=O) groups is 2. The Hall–Kier alpha value is -1.18. The summed E-state index contributed by atoms with van der Waals surface area (Å²) in [5, 5.41) is 13.5. The average Bonchev–Trinajstić information content (AvgIpc) is 3.18. The van der Waals surface area contributed by atoms with Gasteiger partial charge in [0.15, 0.2) is 0 Å². The van der Waals surface area contributed by atoms with Crippen molar-refractivity contribution in [1.29, 1.82) is 0 Å². The van der Waals surface area contributed by atoms with Gasteiger partial charge < -0.3 is 24.6 Å². The molecule has 2 N–H and O–H groups in total. The van der Waals surface area contributed by atoms with Crippen molar-refractivity contribution in [3.05, 3.63) is 0 Å². The number of hydrogen-bond donors (Lipinski definition) is 2. The van der Waals surface area contributed by atoms with Crippen LogP contribution in [0.3, 0.4) is 0 Å². The Labute approximate surface area is 163 Å². The normalized spacial score (nSPS) is 16.9. The van der Waals surface area contributed by atoms with E-state index in [2.05, 4.69) is 5.32 Å². The van der Waals surface area contributed by atoms with Crippen LogP contribution in [0.4, 0.5) is 0 Å². The molecule has 0 heterocycles. The number of ether oxygens (including phenoxy) is 3. The molecule has 0 spiro atoms. The summed E-state index contributed by atoms with van der Waals surface area (Å²) >= 11 is 0. The van der Waals surface area contributed by atoms with Gasteiger partial charge in [0.1, 0.15) is 12.6 Å². The van der Waals surface area contributed by atoms with Crippen molar-refractivity contribution in [2.45, 2.75) is 77.4 Å². The highest BCUT2D eigenvalue weighted by atomic mass is 16.6. The minimum Gasteiger partial charge on any atom is -0.465 e. The first-order valence-corrected chi connectivity index (χ1v) is 10.4. The van der Waals surface area contributed by atoms with Crippen molar-refractivity contribution in [3.8, 4) is 0 Å². The second-order valence-corrected chi connectivity index (χ2v) is 7.01. The van der Waals surface area contributed by atoms with Crippen LogP contribution in [0.5, 0.6) is 0 Å². The molecule has 1 rings (SSSR count). The summed E-state index contributed by atoms with van der Waals surface area (Å²) in [6.45, 7) is 5.27. The highest BCUT2D eigenvalue weighted by molar-refractivity contribution is 5.75. The van der Waals surface area contributed by atoms with Gasteiger partial charge in [0.05, 0.1) is 19.3 Å². The molecule has 0 saturated heterocycles. The quantitative estimate of drug-likeness (QED) is 0.329. The molecule has 0 bridgehead atoms. The van der Waals surface area contributed by atoms with Crippen LogP contribution in [-0.4, -0.2) is 62.2 Å². The van der Waals surface area contributed by atoms with Crippen LogP contribution in [0.2, 0.25) is 0 Å². The predicted octanol–water partition coefficient (Wildman–Crippen LogP) is 2.20. The van der Waals surface area contributed by atoms with Crippen LogP contribution < -0.4 is 5.32 Å². The van der Waals surface area contributed by atoms with E-state index < -0.39 is 0 Å². The summed E-state index contributed by atoms with van der Waals surface area (Å²) in [5.74, 6) is -0.200. The smallest absolute Gasteiger partial charge is 0.332 e. The molecule has 158 valence electrons. The van der Waals surface area contributed by atoms with Crippen molar-refractivity contribution in [1.82, 2.24) is 5.32 Å². The van der Waals surface area contributed by atoms with E-state index >= 15 is 0 Å². The van der Waals surface area contributed by atoms with Gasteiger partial charge in [-0.1, -0.05) is 12.8 Å². The summed E-state index contributed by atoms with van der Waals surface area (Å²) in [7, 11) is 0. The third-order valence-corrected chi connectivity index (χ3v) is 4.90. The lowest BCUT2D eigenvalue weighted by molar-refractivity contribution is -0.148. The van der Waals surface area contributed by atoms with Crippen LogP contribution in [0.15, 0.2) is 0 Å². The Morgan fingerprint density at radius 3 is 2.44 bits per heavy atom. The van der Waals surface area contributed by atoms with Gasteiger partial charge in [-0.3, -0.25) is 4.79 Å². The zero-order valence-electron chi connectivity index (χ0n) is 16.9. The van der Waals surface area contributed by atoms with Gasteiger partial charge in [-0.2, -0.15) is 0 Å². The molecule has 1 saturated carbocycles. The molecule has 7 nitrogen and oxygen atoms in total. The van der Waals surface area contributed by atoms with Crippen LogP contribution in [0.1, 0.15) is 65.2 Å². The van der Waals surface area contributed by atoms with E-state index in [1.165, 1.54) is 12.8 Å². The lowest BCUT2D eigenvalue weighted by Gasteiger charge is -2.21. The Morgan fingerprint density at radius 2 is 1.78 bits per heavy atom. The zero-order valence-corrected chi connectivity index (χ0v) is 16.9. The molecule has 0 radical (unpaired) electrons. The number of aliphatic hydroxyl groups is 1. The lowest BCUT2D eigenvalue weighted by atomic mass is 9.98. The molecule has 2 unspecified atom stereocenters. The van der Waals surface area contributed by atoms with Gasteiger partial charge in [-0.05, 0) is 64.8 Å². The summed E-state index contributed by atoms with van der Waals surface area (Å²) in [6, 6.07) is -0.370. The Bertz CT molecular complexity index is 411. The molecule has 0 aromatic rings. The summed E-state index contributed by atoms with van der Waals surface area (Å²) in [5.41, 5.74) is 0. The third-order valence-electron chi connectivity index (χ3n) is 4.90. The summed E-state index contributed by atoms with van der Waals surface area (Å²) in [4.78, 5) is 23.3. The standard InChI is InChI=1S/C20H37NO6/c1-3-26-19(23)15-25-14-8-7-11-17(20(24)27-4-2)21-13-12-18(22)16-9-5-6-10-16/h16-18,21-22H,3-15H2,1-2H3. The second-order valence-electron chi connectivity index (χ2n) is 7.01. The Balaban J connectivity index is 2.21. The Kier molecular flexibility index (Phi) is 13.1. The molecule has 1 aliphatic rings. The van der Waals surface area contributed by atoms with Crippen molar-refractivity contribution in [2.75, 3.05) is 33.0 Å². The van der Waals surface area contributed by atoms with Gasteiger partial charge in [0.25, 0.3) is 0 Å². The second kappa shape index (κ2) is 14.8. The molecule has 0 aromatic carbocycles. The highest BCUT2D eigenvalue weighted by Gasteiger charge is 2.24. The predicted molar refractivity (Wildman–Crippen MR) is 102 cm³/mol. The first-order valence-electron chi connectivity index (χ1n) is 10.4. The minimum absolute atomic E-state index is 0.0353. The molecule has 7 heteroatoms. The minimum atomic E-state index is -0.370. The molecule has 1 aliphatic carbocycles. The molecular formula is C20H37NO6. The topological polar surface area (TPSA) is 94.1 Å². The van der Waals surface area contributed by atoms with E-state index in [1.54, 1.807) is 13.8 Å². The fourth-order valence-corrected chi connectivity index (χ4v) is 3.44. The van der Waals surface area contributed by atoms with Gasteiger partial charge in [-0.15, -0.1) is 0 Å². The van der Waals surface area contributed by atoms with Gasteiger partial charge in [0.2, 0.25) is 0 Å². The first-order chi connectivity index (χ1) is 13.1. The number of carbonyl (C=O) groups excluding carboxylic acids is 2. The fourth-order valence-electron chi connectivity index (χ4n) is 3.44. The van der Waals surface area contributed by atoms with Gasteiger partial charge >= 0.3 is 11.9 Å². The van der Waals surface area contributed by atoms with E-state index in [0.29, 0.717) is 45.1 Å². The molecular weight excluding hydrogens is 350 g/mol. The van der Waals surface area contributed by atoms with E-state index in [9.17, 15) is 14.7 Å². The number of esters is 2. The molecule has 0 aromatic heterocycles. The monoisotopic (exact) mass is 387 g/mol. The average molecular weight is 388 g/mol. The first kappa shape index (κ1) is 23.9. The molecule has 27 heavy (non-hydrogen) atoms. The third kappa shape index (κ3) is 10.7. The van der Waals surface area contributed by atoms with Crippen molar-refractivity contribution >= 4 is 11.9 Å². The Morgan fingerprint density at radius 1 is 1.07 bits per heavy atom. The van der Waals surface area contributed by atoms with Crippen molar-refractivity contribution in [2.24, 2.45) is 5.92 Å². The number of hydrogen-bond acceptors (Lipinski definition) is 7. The van der Waals surface area contributed by atoms with Crippen molar-refractivity contribution in [3.63, 3.8) is 0 Å². The van der Waals surface area contributed by atoms with E-state index in [4.69, 9.17) is 14.2 Å². The molecule has 0 amide bonds. The van der Waals surface area contributed by atoms with E-state index in [0.717, 1.165) is 25.7 Å². The van der Waals surface area contributed by atoms with Crippen LogP contribution in [0.25, 0.3) is 0 Å². The maximum Gasteiger partial charge on any atom is 0.332 e. The van der Waals surface area contributed by atoms with Gasteiger partial charge in [-0.25, -0.2) is 4.79 Å². The fraction of sp³-hybridized carbons (Fsp3) is 0.900. The number of unbranched alkanes of at least 4 members (excludes halogenated alkanes) is 1. The number of rotatable bonds is 15. The summed E-state index contributed by atoms with van der Waals surface area (Å²) in [6.07, 6.45) is 7.16. The maximum absolute atomic E-state index is 12.1. The lowest BCUT2D eigenvalue weighted by Crippen LogP contribution is -2.40. The van der Waals surface area contributed by atoms with Crippen molar-refractivity contribution < 1.29 is 28.9 Å². The van der Waals surface area contributed by atoms with Crippen LogP contribution >= 0.6 is 0 Å². The largest absolute Gasteiger partial charge is 0.465 e. The van der Waals surface area contributed by atoms with Crippen LogP contribution in [-0.2, 0) is 23.8 Å². The highest BCUT2D eigenvalue weighted by Crippen LogP contribution is 2.28. The number of nitrogens with one attached hydrogen (secondary N) is 1. The van der Waals surface area contributed by atoms with Gasteiger partial charge in [0, 0.05) is 6.61 Å². The number of aliphatic hydroxyl groups excluding tert-OH is 1. The zero-order chi connectivity index (χ0) is 19.9. The molecule has 1 fully saturated rings. The van der Waals surface area contributed by atoms with E-state index in [-0.39, 0.29) is 30.7 Å². The maximum atomic E-state index is 12.1.